The summed E-state index contributed by atoms with van der Waals surface area (Å²) in [7, 11) is 0. The number of nitrogens with one attached hydrogen (secondary N) is 1. The maximum Gasteiger partial charge on any atom is 0.291 e. The predicted octanol–water partition coefficient (Wildman–Crippen LogP) is -0.352. The molecule has 82 valence electrons. The van der Waals surface area contributed by atoms with Gasteiger partial charge in [0.15, 0.2) is 0 Å². The van der Waals surface area contributed by atoms with E-state index in [1.807, 2.05) is 0 Å². The third-order valence-electron chi connectivity index (χ3n) is 2.81. The molecule has 2 unspecified atom stereocenters. The second-order valence-corrected chi connectivity index (χ2v) is 3.87. The lowest BCUT2D eigenvalue weighted by Gasteiger charge is -2.16. The highest BCUT2D eigenvalue weighted by Crippen LogP contribution is 2.20. The van der Waals surface area contributed by atoms with Crippen LogP contribution in [0.4, 0.5) is 0 Å². The van der Waals surface area contributed by atoms with E-state index >= 15 is 0 Å². The first kappa shape index (κ1) is 10.1. The molecular weight excluding hydrogens is 196 g/mol. The van der Waals surface area contributed by atoms with Crippen molar-refractivity contribution in [2.24, 2.45) is 5.92 Å². The number of carbonyl (C=O) groups excluding carboxylic acids is 1. The van der Waals surface area contributed by atoms with E-state index < -0.39 is 0 Å². The van der Waals surface area contributed by atoms with Gasteiger partial charge in [0.05, 0.1) is 6.10 Å². The lowest BCUT2D eigenvalue weighted by molar-refractivity contribution is 0.0751. The van der Waals surface area contributed by atoms with Gasteiger partial charge in [0.2, 0.25) is 5.82 Å². The van der Waals surface area contributed by atoms with Crippen molar-refractivity contribution >= 4 is 5.91 Å². The minimum Gasteiger partial charge on any atom is -0.393 e. The van der Waals surface area contributed by atoms with Crippen LogP contribution in [0, 0.1) is 5.92 Å². The van der Waals surface area contributed by atoms with Gasteiger partial charge in [0.25, 0.3) is 5.91 Å². The lowest BCUT2D eigenvalue weighted by atomic mass is 10.0. The molecule has 1 fully saturated rings. The minimum absolute atomic E-state index is 0.143. The number of amides is 1. The molecule has 0 radical (unpaired) electrons. The zero-order valence-electron chi connectivity index (χ0n) is 8.55. The smallest absolute Gasteiger partial charge is 0.291 e. The molecule has 15 heavy (non-hydrogen) atoms. The fourth-order valence-corrected chi connectivity index (χ4v) is 1.82. The number of aliphatic hydroxyl groups excluding tert-OH is 1. The summed E-state index contributed by atoms with van der Waals surface area (Å²) in [5, 5.41) is 15.6. The Hall–Kier alpha value is -1.43. The largest absolute Gasteiger partial charge is 0.393 e. The van der Waals surface area contributed by atoms with Gasteiger partial charge in [-0.25, -0.2) is 4.98 Å². The van der Waals surface area contributed by atoms with E-state index in [0.29, 0.717) is 13.1 Å². The van der Waals surface area contributed by atoms with Gasteiger partial charge in [-0.05, 0) is 13.3 Å². The summed E-state index contributed by atoms with van der Waals surface area (Å²) in [6.07, 6.45) is 1.80. The van der Waals surface area contributed by atoms with Crippen molar-refractivity contribution in [2.45, 2.75) is 19.4 Å². The number of aliphatic hydroxyl groups is 1. The van der Waals surface area contributed by atoms with Crippen LogP contribution in [0.2, 0.25) is 0 Å². The van der Waals surface area contributed by atoms with Crippen molar-refractivity contribution in [3.8, 4) is 0 Å². The van der Waals surface area contributed by atoms with Crippen molar-refractivity contribution in [2.75, 3.05) is 13.1 Å². The molecule has 2 heterocycles. The first-order valence-electron chi connectivity index (χ1n) is 5.01. The molecule has 2 rings (SSSR count). The second-order valence-electron chi connectivity index (χ2n) is 3.87. The van der Waals surface area contributed by atoms with Crippen molar-refractivity contribution in [1.82, 2.24) is 20.1 Å². The summed E-state index contributed by atoms with van der Waals surface area (Å²) >= 11 is 0. The SMILES string of the molecule is CC(O)C1CCN(C(=O)c2ncn[nH]2)C1. The molecule has 1 amide bonds. The standard InChI is InChI=1S/C9H14N4O2/c1-6(14)7-2-3-13(4-7)9(15)8-10-5-11-12-8/h5-7,14H,2-4H2,1H3,(H,10,11,12). The minimum atomic E-state index is -0.363. The summed E-state index contributed by atoms with van der Waals surface area (Å²) in [6.45, 7) is 3.03. The molecule has 1 aliphatic heterocycles. The van der Waals surface area contributed by atoms with E-state index in [-0.39, 0.29) is 23.8 Å². The van der Waals surface area contributed by atoms with Gasteiger partial charge in [-0.3, -0.25) is 9.89 Å². The van der Waals surface area contributed by atoms with E-state index in [1.54, 1.807) is 11.8 Å². The number of nitrogens with zero attached hydrogens (tertiary/aromatic N) is 3. The number of likely N-dealkylation sites (tertiary alicyclic amines) is 1. The van der Waals surface area contributed by atoms with E-state index in [2.05, 4.69) is 15.2 Å². The fourth-order valence-electron chi connectivity index (χ4n) is 1.82. The molecule has 0 saturated carbocycles. The fraction of sp³-hybridized carbons (Fsp3) is 0.667. The zero-order chi connectivity index (χ0) is 10.8. The van der Waals surface area contributed by atoms with Gasteiger partial charge in [-0.15, -0.1) is 0 Å². The predicted molar refractivity (Wildman–Crippen MR) is 52.1 cm³/mol. The molecule has 1 aromatic heterocycles. The van der Waals surface area contributed by atoms with Gasteiger partial charge in [-0.1, -0.05) is 0 Å². The van der Waals surface area contributed by atoms with Crippen LogP contribution in [0.5, 0.6) is 0 Å². The number of hydrogen-bond acceptors (Lipinski definition) is 4. The Morgan fingerprint density at radius 2 is 2.60 bits per heavy atom. The summed E-state index contributed by atoms with van der Waals surface area (Å²) in [5.74, 6) is 0.300. The van der Waals surface area contributed by atoms with E-state index in [4.69, 9.17) is 0 Å². The number of aromatic nitrogens is 3. The Bertz CT molecular complexity index is 336. The van der Waals surface area contributed by atoms with Crippen LogP contribution >= 0.6 is 0 Å². The second kappa shape index (κ2) is 3.98. The molecule has 6 nitrogen and oxygen atoms in total. The number of carbonyl (C=O) groups is 1. The van der Waals surface area contributed by atoms with Crippen LogP contribution in [0.3, 0.4) is 0 Å². The number of aromatic amines is 1. The van der Waals surface area contributed by atoms with Crippen LogP contribution in [0.15, 0.2) is 6.33 Å². The number of H-pyrrole nitrogens is 1. The first-order valence-corrected chi connectivity index (χ1v) is 5.01. The average molecular weight is 210 g/mol. The summed E-state index contributed by atoms with van der Waals surface area (Å²) in [6, 6.07) is 0. The molecule has 6 heteroatoms. The van der Waals surface area contributed by atoms with Crippen molar-refractivity contribution < 1.29 is 9.90 Å². The summed E-state index contributed by atoms with van der Waals surface area (Å²) in [5.41, 5.74) is 0. The van der Waals surface area contributed by atoms with Crippen molar-refractivity contribution in [1.29, 1.82) is 0 Å². The van der Waals surface area contributed by atoms with E-state index in [1.165, 1.54) is 6.33 Å². The maximum absolute atomic E-state index is 11.8. The van der Waals surface area contributed by atoms with Crippen LogP contribution < -0.4 is 0 Å². The lowest BCUT2D eigenvalue weighted by Crippen LogP contribution is -2.31. The van der Waals surface area contributed by atoms with Crippen LogP contribution in [0.1, 0.15) is 24.0 Å². The highest BCUT2D eigenvalue weighted by molar-refractivity contribution is 5.90. The monoisotopic (exact) mass is 210 g/mol. The molecule has 0 aromatic carbocycles. The third-order valence-corrected chi connectivity index (χ3v) is 2.81. The molecule has 1 aliphatic rings. The molecular formula is C9H14N4O2. The molecule has 2 N–H and O–H groups in total. The Kier molecular flexibility index (Phi) is 2.68. The number of rotatable bonds is 2. The van der Waals surface area contributed by atoms with Crippen molar-refractivity contribution in [3.63, 3.8) is 0 Å². The highest BCUT2D eigenvalue weighted by Gasteiger charge is 2.30. The van der Waals surface area contributed by atoms with Crippen LogP contribution in [-0.4, -0.2) is 50.3 Å². The normalized spacial score (nSPS) is 23.1. The number of hydrogen-bond donors (Lipinski definition) is 2. The molecule has 0 bridgehead atoms. The average Bonchev–Trinajstić information content (AvgIpc) is 2.88. The molecule has 0 spiro atoms. The quantitative estimate of drug-likeness (QED) is 0.699. The van der Waals surface area contributed by atoms with Crippen molar-refractivity contribution in [3.05, 3.63) is 12.2 Å². The van der Waals surface area contributed by atoms with Gasteiger partial charge in [-0.2, -0.15) is 5.10 Å². The van der Waals surface area contributed by atoms with E-state index in [9.17, 15) is 9.90 Å². The van der Waals surface area contributed by atoms with Crippen LogP contribution in [0.25, 0.3) is 0 Å². The Morgan fingerprint density at radius 1 is 1.80 bits per heavy atom. The molecule has 1 aromatic rings. The maximum atomic E-state index is 11.8. The van der Waals surface area contributed by atoms with Gasteiger partial charge < -0.3 is 10.0 Å². The molecule has 1 saturated heterocycles. The third kappa shape index (κ3) is 1.99. The highest BCUT2D eigenvalue weighted by atomic mass is 16.3. The first-order chi connectivity index (χ1) is 7.18. The van der Waals surface area contributed by atoms with Gasteiger partial charge in [0.1, 0.15) is 6.33 Å². The van der Waals surface area contributed by atoms with Gasteiger partial charge >= 0.3 is 0 Å². The molecule has 0 aliphatic carbocycles. The van der Waals surface area contributed by atoms with Crippen LogP contribution in [-0.2, 0) is 0 Å². The van der Waals surface area contributed by atoms with Gasteiger partial charge in [0, 0.05) is 19.0 Å². The van der Waals surface area contributed by atoms with E-state index in [0.717, 1.165) is 6.42 Å². The summed E-state index contributed by atoms with van der Waals surface area (Å²) in [4.78, 5) is 17.3. The topological polar surface area (TPSA) is 82.1 Å². The Balaban J connectivity index is 1.99. The summed E-state index contributed by atoms with van der Waals surface area (Å²) < 4.78 is 0. The Morgan fingerprint density at radius 3 is 3.13 bits per heavy atom. The Labute approximate surface area is 87.3 Å². The zero-order valence-corrected chi connectivity index (χ0v) is 8.55. The molecule has 2 atom stereocenters.